The molecule has 1 aliphatic heterocycles. The molecule has 2 amide bonds. The van der Waals surface area contributed by atoms with E-state index in [9.17, 15) is 14.4 Å². The number of furan rings is 1. The number of rotatable bonds is 8. The van der Waals surface area contributed by atoms with E-state index in [2.05, 4.69) is 38.9 Å². The van der Waals surface area contributed by atoms with E-state index in [0.717, 1.165) is 33.0 Å². The normalized spacial score (nSPS) is 14.3. The highest BCUT2D eigenvalue weighted by atomic mass is 79.9. The van der Waals surface area contributed by atoms with Gasteiger partial charge >= 0.3 is 5.97 Å². The van der Waals surface area contributed by atoms with Crippen molar-refractivity contribution in [2.45, 2.75) is 13.2 Å². The third-order valence-corrected chi connectivity index (χ3v) is 7.66. The summed E-state index contributed by atoms with van der Waals surface area (Å²) in [5.74, 6) is 0.182. The molecule has 198 valence electrons. The van der Waals surface area contributed by atoms with Gasteiger partial charge in [0.2, 0.25) is 5.76 Å². The first-order valence-electron chi connectivity index (χ1n) is 11.8. The minimum absolute atomic E-state index is 0.00574. The van der Waals surface area contributed by atoms with Gasteiger partial charge < -0.3 is 18.6 Å². The number of hydrogen-bond acceptors (Lipinski definition) is 8. The molecule has 0 saturated carbocycles. The average Bonchev–Trinajstić information content (AvgIpc) is 3.52. The lowest BCUT2D eigenvalue weighted by atomic mass is 10.1. The Labute approximate surface area is 236 Å². The first kappa shape index (κ1) is 26.6. The number of carbonyl (C=O) groups excluding carboxylic acids is 3. The van der Waals surface area contributed by atoms with Crippen LogP contribution in [0.1, 0.15) is 27.4 Å². The maximum absolute atomic E-state index is 13.0. The lowest BCUT2D eigenvalue weighted by Crippen LogP contribution is -2.27. The average molecular weight is 608 g/mol. The first-order valence-corrected chi connectivity index (χ1v) is 13.4. The fourth-order valence-electron chi connectivity index (χ4n) is 4.11. The second-order valence-electron chi connectivity index (χ2n) is 8.48. The van der Waals surface area contributed by atoms with Crippen LogP contribution < -0.4 is 9.47 Å². The molecule has 10 heteroatoms. The van der Waals surface area contributed by atoms with E-state index in [1.165, 1.54) is 26.4 Å². The summed E-state index contributed by atoms with van der Waals surface area (Å²) in [4.78, 5) is 38.6. The Balaban J connectivity index is 1.34. The molecule has 5 rings (SSSR count). The van der Waals surface area contributed by atoms with E-state index in [4.69, 9.17) is 13.9 Å². The maximum Gasteiger partial charge on any atom is 0.373 e. The van der Waals surface area contributed by atoms with Crippen LogP contribution in [0.25, 0.3) is 16.8 Å². The third kappa shape index (κ3) is 5.57. The Bertz CT molecular complexity index is 1620. The van der Waals surface area contributed by atoms with Gasteiger partial charge in [-0.15, -0.1) is 0 Å². The molecule has 1 aromatic heterocycles. The molecule has 3 aromatic carbocycles. The third-order valence-electron chi connectivity index (χ3n) is 6.07. The number of imide groups is 1. The first-order chi connectivity index (χ1) is 18.9. The predicted octanol–water partition coefficient (Wildman–Crippen LogP) is 6.81. The number of fused-ring (bicyclic) bond motifs is 1. The van der Waals surface area contributed by atoms with Gasteiger partial charge in [-0.25, -0.2) is 4.79 Å². The molecule has 0 atom stereocenters. The highest BCUT2D eigenvalue weighted by Gasteiger charge is 2.36. The zero-order valence-corrected chi connectivity index (χ0v) is 23.3. The standard InChI is InChI=1S/C29H22BrNO7S/c1-35-24-12-19(22(30)14-25(24)37-16-18-8-5-7-17-6-3-4-9-21(17)18)13-26-27(32)31(29(34)39-26)15-20-10-11-23(38-20)28(33)36-2/h3-14H,15-16H2,1-2H3/b26-13+. The summed E-state index contributed by atoms with van der Waals surface area (Å²) in [5.41, 5.74) is 1.68. The summed E-state index contributed by atoms with van der Waals surface area (Å²) >= 11 is 4.37. The molecule has 0 radical (unpaired) electrons. The largest absolute Gasteiger partial charge is 0.493 e. The summed E-state index contributed by atoms with van der Waals surface area (Å²) in [6.45, 7) is 0.233. The maximum atomic E-state index is 13.0. The molecule has 4 aromatic rings. The fraction of sp³-hybridized carbons (Fsp3) is 0.138. The molecule has 1 aliphatic rings. The van der Waals surface area contributed by atoms with Crippen molar-refractivity contribution in [3.05, 3.63) is 98.8 Å². The second kappa shape index (κ2) is 11.4. The number of halogens is 1. The van der Waals surface area contributed by atoms with E-state index in [1.54, 1.807) is 18.2 Å². The van der Waals surface area contributed by atoms with Gasteiger partial charge in [-0.05, 0) is 64.0 Å². The molecular weight excluding hydrogens is 586 g/mol. The summed E-state index contributed by atoms with van der Waals surface area (Å²) in [6, 6.07) is 20.7. The van der Waals surface area contributed by atoms with Crippen LogP contribution in [0.2, 0.25) is 0 Å². The lowest BCUT2D eigenvalue weighted by molar-refractivity contribution is -0.123. The Hall–Kier alpha value is -4.02. The number of amides is 2. The van der Waals surface area contributed by atoms with Crippen molar-refractivity contribution in [1.82, 2.24) is 4.90 Å². The molecule has 8 nitrogen and oxygen atoms in total. The molecule has 39 heavy (non-hydrogen) atoms. The van der Waals surface area contributed by atoms with Gasteiger partial charge in [0.25, 0.3) is 11.1 Å². The quantitative estimate of drug-likeness (QED) is 0.159. The van der Waals surface area contributed by atoms with E-state index < -0.39 is 17.1 Å². The molecule has 0 aliphatic carbocycles. The second-order valence-corrected chi connectivity index (χ2v) is 10.3. The van der Waals surface area contributed by atoms with Crippen LogP contribution >= 0.6 is 27.7 Å². The van der Waals surface area contributed by atoms with Crippen molar-refractivity contribution in [3.8, 4) is 11.5 Å². The van der Waals surface area contributed by atoms with Crippen LogP contribution in [0.3, 0.4) is 0 Å². The molecule has 2 heterocycles. The van der Waals surface area contributed by atoms with E-state index in [1.807, 2.05) is 24.3 Å². The van der Waals surface area contributed by atoms with E-state index >= 15 is 0 Å². The van der Waals surface area contributed by atoms with Gasteiger partial charge in [0.15, 0.2) is 11.5 Å². The molecule has 1 saturated heterocycles. The van der Waals surface area contributed by atoms with Crippen LogP contribution in [0, 0.1) is 0 Å². The zero-order valence-electron chi connectivity index (χ0n) is 20.9. The molecular formula is C29H22BrNO7S. The number of nitrogens with zero attached hydrogens (tertiary/aromatic N) is 1. The molecule has 0 unspecified atom stereocenters. The number of carbonyl (C=O) groups is 3. The van der Waals surface area contributed by atoms with Crippen LogP contribution in [-0.4, -0.2) is 36.2 Å². The number of hydrogen-bond donors (Lipinski definition) is 0. The van der Waals surface area contributed by atoms with E-state index in [0.29, 0.717) is 28.1 Å². The number of benzene rings is 3. The van der Waals surface area contributed by atoms with Crippen LogP contribution in [-0.2, 0) is 22.7 Å². The minimum Gasteiger partial charge on any atom is -0.493 e. The van der Waals surface area contributed by atoms with Crippen molar-refractivity contribution >= 4 is 61.7 Å². The minimum atomic E-state index is -0.640. The SMILES string of the molecule is COC(=O)c1ccc(CN2C(=O)S/C(=C/c3cc(OC)c(OCc4cccc5ccccc45)cc3Br)C2=O)o1. The van der Waals surface area contributed by atoms with Gasteiger partial charge in [0.05, 0.1) is 25.7 Å². The summed E-state index contributed by atoms with van der Waals surface area (Å²) in [5, 5.41) is 1.80. The zero-order chi connectivity index (χ0) is 27.5. The van der Waals surface area contributed by atoms with Gasteiger partial charge in [0.1, 0.15) is 12.4 Å². The van der Waals surface area contributed by atoms with Gasteiger partial charge in [0, 0.05) is 4.47 Å². The number of thioether (sulfide) groups is 1. The Morgan fingerprint density at radius 1 is 1.03 bits per heavy atom. The molecule has 0 bridgehead atoms. The summed E-state index contributed by atoms with van der Waals surface area (Å²) in [6.07, 6.45) is 1.62. The number of methoxy groups -OCH3 is 2. The van der Waals surface area contributed by atoms with Crippen molar-refractivity contribution < 1.29 is 33.0 Å². The van der Waals surface area contributed by atoms with Gasteiger partial charge in [-0.2, -0.15) is 0 Å². The Morgan fingerprint density at radius 2 is 1.82 bits per heavy atom. The van der Waals surface area contributed by atoms with Crippen molar-refractivity contribution in [3.63, 3.8) is 0 Å². The van der Waals surface area contributed by atoms with Crippen molar-refractivity contribution in [2.24, 2.45) is 0 Å². The van der Waals surface area contributed by atoms with Crippen LogP contribution in [0.15, 0.2) is 80.5 Å². The monoisotopic (exact) mass is 607 g/mol. The smallest absolute Gasteiger partial charge is 0.373 e. The highest BCUT2D eigenvalue weighted by molar-refractivity contribution is 9.10. The van der Waals surface area contributed by atoms with E-state index in [-0.39, 0.29) is 23.0 Å². The number of esters is 1. The van der Waals surface area contributed by atoms with Crippen LogP contribution in [0.5, 0.6) is 11.5 Å². The predicted molar refractivity (Wildman–Crippen MR) is 151 cm³/mol. The molecule has 0 spiro atoms. The lowest BCUT2D eigenvalue weighted by Gasteiger charge is -2.14. The van der Waals surface area contributed by atoms with Crippen LogP contribution in [0.4, 0.5) is 4.79 Å². The highest BCUT2D eigenvalue weighted by Crippen LogP contribution is 2.39. The van der Waals surface area contributed by atoms with Gasteiger partial charge in [-0.1, -0.05) is 58.4 Å². The van der Waals surface area contributed by atoms with Crippen molar-refractivity contribution in [2.75, 3.05) is 14.2 Å². The number of ether oxygens (including phenoxy) is 3. The Morgan fingerprint density at radius 3 is 2.62 bits per heavy atom. The molecule has 0 N–H and O–H groups in total. The fourth-order valence-corrected chi connectivity index (χ4v) is 5.38. The summed E-state index contributed by atoms with van der Waals surface area (Å²) < 4.78 is 22.4. The summed E-state index contributed by atoms with van der Waals surface area (Å²) in [7, 11) is 2.78. The van der Waals surface area contributed by atoms with Crippen molar-refractivity contribution in [1.29, 1.82) is 0 Å². The molecule has 1 fully saturated rings. The Kier molecular flexibility index (Phi) is 7.76. The topological polar surface area (TPSA) is 95.3 Å². The van der Waals surface area contributed by atoms with Gasteiger partial charge in [-0.3, -0.25) is 14.5 Å².